The third-order valence-electron chi connectivity index (χ3n) is 6.83. The van der Waals surface area contributed by atoms with Crippen molar-refractivity contribution in [2.75, 3.05) is 32.1 Å². The molecule has 1 aliphatic heterocycles. The van der Waals surface area contributed by atoms with Crippen LogP contribution in [0.5, 0.6) is 0 Å². The van der Waals surface area contributed by atoms with Gasteiger partial charge in [0, 0.05) is 36.0 Å². The summed E-state index contributed by atoms with van der Waals surface area (Å²) in [6.45, 7) is 2.44. The minimum absolute atomic E-state index is 0.0898. The van der Waals surface area contributed by atoms with Crippen LogP contribution < -0.4 is 10.9 Å². The van der Waals surface area contributed by atoms with Crippen LogP contribution in [0.15, 0.2) is 53.6 Å². The van der Waals surface area contributed by atoms with E-state index in [0.717, 1.165) is 31.3 Å². The summed E-state index contributed by atoms with van der Waals surface area (Å²) < 4.78 is 31.5. The number of pyridine rings is 1. The highest BCUT2D eigenvalue weighted by Gasteiger charge is 2.31. The summed E-state index contributed by atoms with van der Waals surface area (Å²) >= 11 is 0. The molecule has 2 N–H and O–H groups in total. The van der Waals surface area contributed by atoms with Crippen molar-refractivity contribution in [2.24, 2.45) is 0 Å². The number of hydrogen-bond acceptors (Lipinski definition) is 6. The summed E-state index contributed by atoms with van der Waals surface area (Å²) in [5, 5.41) is 17.5. The minimum Gasteiger partial charge on any atom is -0.390 e. The number of hydrogen-bond donors (Lipinski definition) is 2. The van der Waals surface area contributed by atoms with Crippen molar-refractivity contribution in [3.63, 3.8) is 0 Å². The Hall–Kier alpha value is -3.37. The number of halogens is 2. The number of piperidine rings is 1. The molecule has 1 aliphatic rings. The molecule has 10 heteroatoms. The first-order valence-corrected chi connectivity index (χ1v) is 11.7. The number of anilines is 1. The molecule has 4 aromatic rings. The first-order chi connectivity index (χ1) is 16.8. The van der Waals surface area contributed by atoms with Crippen LogP contribution in [0, 0.1) is 0 Å². The van der Waals surface area contributed by atoms with Crippen molar-refractivity contribution in [2.45, 2.75) is 37.8 Å². The van der Waals surface area contributed by atoms with Gasteiger partial charge in [0.15, 0.2) is 5.65 Å². The van der Waals surface area contributed by atoms with Crippen molar-refractivity contribution in [1.82, 2.24) is 24.1 Å². The number of benzene rings is 1. The van der Waals surface area contributed by atoms with Gasteiger partial charge in [-0.3, -0.25) is 4.79 Å². The van der Waals surface area contributed by atoms with Crippen LogP contribution >= 0.6 is 0 Å². The van der Waals surface area contributed by atoms with E-state index in [2.05, 4.69) is 22.4 Å². The van der Waals surface area contributed by atoms with Crippen LogP contribution in [0.4, 0.5) is 14.6 Å². The molecule has 0 aliphatic carbocycles. The molecular weight excluding hydrogens is 454 g/mol. The number of aromatic nitrogens is 4. The summed E-state index contributed by atoms with van der Waals surface area (Å²) in [4.78, 5) is 20.0. The van der Waals surface area contributed by atoms with Gasteiger partial charge in [-0.05, 0) is 51.5 Å². The van der Waals surface area contributed by atoms with Crippen LogP contribution in [-0.2, 0) is 5.92 Å². The van der Waals surface area contributed by atoms with E-state index in [-0.39, 0.29) is 23.2 Å². The summed E-state index contributed by atoms with van der Waals surface area (Å²) in [5.41, 5.74) is 1.50. The monoisotopic (exact) mass is 482 g/mol. The Morgan fingerprint density at radius 3 is 2.74 bits per heavy atom. The van der Waals surface area contributed by atoms with Gasteiger partial charge in [-0.25, -0.2) is 9.50 Å². The number of aliphatic hydroxyl groups excluding tert-OH is 1. The fourth-order valence-corrected chi connectivity index (χ4v) is 4.72. The zero-order valence-electron chi connectivity index (χ0n) is 19.7. The molecule has 0 amide bonds. The standard InChI is InChI=1S/C25H28F2N6O2/c1-16(17-4-3-5-18(12-17)25(26,27)15-34)29-24-20-14-32(19-7-10-31(2)11-8-19)23(35)13-21(20)33-22(30-24)6-9-28-33/h3-6,9,12-14,16,19,34H,7-8,10-11,15H2,1-2H3,(H,29,30)/t16-/m1/s1. The third-order valence-corrected chi connectivity index (χ3v) is 6.83. The lowest BCUT2D eigenvalue weighted by atomic mass is 10.0. The fourth-order valence-electron chi connectivity index (χ4n) is 4.72. The first kappa shape index (κ1) is 23.4. The van der Waals surface area contributed by atoms with Crippen LogP contribution in [-0.4, -0.2) is 55.9 Å². The second kappa shape index (κ2) is 9.01. The van der Waals surface area contributed by atoms with E-state index >= 15 is 0 Å². The Kier molecular flexibility index (Phi) is 6.02. The lowest BCUT2D eigenvalue weighted by Crippen LogP contribution is -2.35. The molecule has 0 saturated carbocycles. The van der Waals surface area contributed by atoms with Gasteiger partial charge in [0.2, 0.25) is 0 Å². The molecule has 1 atom stereocenters. The van der Waals surface area contributed by atoms with E-state index in [1.54, 1.807) is 39.5 Å². The molecule has 1 aromatic carbocycles. The Bertz CT molecular complexity index is 1420. The lowest BCUT2D eigenvalue weighted by Gasteiger charge is -2.30. The number of alkyl halides is 2. The molecular formula is C25H28F2N6O2. The van der Waals surface area contributed by atoms with E-state index in [0.29, 0.717) is 22.5 Å². The summed E-state index contributed by atoms with van der Waals surface area (Å²) in [7, 11) is 2.08. The van der Waals surface area contributed by atoms with E-state index in [1.165, 1.54) is 12.1 Å². The van der Waals surface area contributed by atoms with E-state index in [1.807, 2.05) is 13.1 Å². The molecule has 4 heterocycles. The smallest absolute Gasteiger partial charge is 0.295 e. The molecule has 3 aromatic heterocycles. The third kappa shape index (κ3) is 4.39. The predicted octanol–water partition coefficient (Wildman–Crippen LogP) is 3.57. The quantitative estimate of drug-likeness (QED) is 0.437. The second-order valence-corrected chi connectivity index (χ2v) is 9.27. The number of nitrogens with zero attached hydrogens (tertiary/aromatic N) is 5. The van der Waals surface area contributed by atoms with Gasteiger partial charge in [-0.2, -0.15) is 13.9 Å². The van der Waals surface area contributed by atoms with Gasteiger partial charge in [-0.15, -0.1) is 0 Å². The van der Waals surface area contributed by atoms with E-state index in [4.69, 9.17) is 10.1 Å². The maximum Gasteiger partial charge on any atom is 0.295 e. The molecule has 184 valence electrons. The predicted molar refractivity (Wildman–Crippen MR) is 130 cm³/mol. The zero-order chi connectivity index (χ0) is 24.7. The normalized spacial score (nSPS) is 16.7. The molecule has 8 nitrogen and oxygen atoms in total. The number of fused-ring (bicyclic) bond motifs is 3. The topological polar surface area (TPSA) is 87.7 Å². The molecule has 1 saturated heterocycles. The van der Waals surface area contributed by atoms with Crippen molar-refractivity contribution in [3.8, 4) is 0 Å². The lowest BCUT2D eigenvalue weighted by molar-refractivity contribution is -0.0556. The van der Waals surface area contributed by atoms with Crippen molar-refractivity contribution < 1.29 is 13.9 Å². The highest BCUT2D eigenvalue weighted by Crippen LogP contribution is 2.31. The van der Waals surface area contributed by atoms with Crippen LogP contribution in [0.3, 0.4) is 0 Å². The number of nitrogens with one attached hydrogen (secondary N) is 1. The Balaban J connectivity index is 1.57. The molecule has 0 bridgehead atoms. The van der Waals surface area contributed by atoms with Crippen LogP contribution in [0.2, 0.25) is 0 Å². The van der Waals surface area contributed by atoms with Crippen LogP contribution in [0.25, 0.3) is 16.6 Å². The Labute approximate surface area is 200 Å². The van der Waals surface area contributed by atoms with Gasteiger partial charge in [0.05, 0.1) is 17.1 Å². The molecule has 0 spiro atoms. The van der Waals surface area contributed by atoms with E-state index in [9.17, 15) is 13.6 Å². The Morgan fingerprint density at radius 2 is 2.00 bits per heavy atom. The molecule has 0 radical (unpaired) electrons. The highest BCUT2D eigenvalue weighted by atomic mass is 19.3. The molecule has 35 heavy (non-hydrogen) atoms. The maximum atomic E-state index is 14.1. The number of likely N-dealkylation sites (tertiary alicyclic amines) is 1. The average molecular weight is 483 g/mol. The average Bonchev–Trinajstić information content (AvgIpc) is 3.33. The summed E-state index contributed by atoms with van der Waals surface area (Å²) in [5.74, 6) is -2.78. The summed E-state index contributed by atoms with van der Waals surface area (Å²) in [6.07, 6.45) is 5.22. The van der Waals surface area contributed by atoms with Crippen molar-refractivity contribution in [3.05, 3.63) is 70.3 Å². The molecule has 1 fully saturated rings. The summed E-state index contributed by atoms with van der Waals surface area (Å²) in [6, 6.07) is 9.07. The fraction of sp³-hybridized carbons (Fsp3) is 0.400. The van der Waals surface area contributed by atoms with E-state index < -0.39 is 12.5 Å². The zero-order valence-corrected chi connectivity index (χ0v) is 19.7. The van der Waals surface area contributed by atoms with Gasteiger partial charge < -0.3 is 19.9 Å². The second-order valence-electron chi connectivity index (χ2n) is 9.27. The van der Waals surface area contributed by atoms with Crippen LogP contribution in [0.1, 0.15) is 43.0 Å². The van der Waals surface area contributed by atoms with Gasteiger partial charge in [-0.1, -0.05) is 18.2 Å². The molecule has 0 unspecified atom stereocenters. The van der Waals surface area contributed by atoms with Gasteiger partial charge in [0.25, 0.3) is 11.5 Å². The Morgan fingerprint density at radius 1 is 1.23 bits per heavy atom. The number of rotatable bonds is 6. The minimum atomic E-state index is -3.32. The van der Waals surface area contributed by atoms with Crippen molar-refractivity contribution in [1.29, 1.82) is 0 Å². The van der Waals surface area contributed by atoms with Gasteiger partial charge in [0.1, 0.15) is 12.4 Å². The maximum absolute atomic E-state index is 14.1. The first-order valence-electron chi connectivity index (χ1n) is 11.7. The van der Waals surface area contributed by atoms with Gasteiger partial charge >= 0.3 is 0 Å². The van der Waals surface area contributed by atoms with Crippen molar-refractivity contribution >= 4 is 22.4 Å². The SMILES string of the molecule is C[C@@H](Nc1nc2ccnn2c2cc(=O)n(C3CCN(C)CC3)cc12)c1cccc(C(F)(F)CO)c1. The molecule has 5 rings (SSSR count). The number of aliphatic hydroxyl groups is 1. The largest absolute Gasteiger partial charge is 0.390 e. The highest BCUT2D eigenvalue weighted by molar-refractivity contribution is 5.90.